The molecule has 0 atom stereocenters. The Hall–Kier alpha value is -4.70. The second-order valence-corrected chi connectivity index (χ2v) is 9.64. The lowest BCUT2D eigenvalue weighted by molar-refractivity contribution is 0.397. The van der Waals surface area contributed by atoms with Crippen molar-refractivity contribution in [2.24, 2.45) is 0 Å². The molecule has 38 heavy (non-hydrogen) atoms. The molecule has 13 heteroatoms. The molecule has 0 radical (unpaired) electrons. The predicted molar refractivity (Wildman–Crippen MR) is 133 cm³/mol. The van der Waals surface area contributed by atoms with E-state index in [-0.39, 0.29) is 17.4 Å². The van der Waals surface area contributed by atoms with E-state index in [0.29, 0.717) is 16.8 Å². The van der Waals surface area contributed by atoms with Gasteiger partial charge in [-0.3, -0.25) is 4.72 Å². The molecule has 0 saturated heterocycles. The van der Waals surface area contributed by atoms with Crippen molar-refractivity contribution in [1.82, 2.24) is 15.0 Å². The van der Waals surface area contributed by atoms with Crippen LogP contribution in [-0.2, 0) is 15.8 Å². The number of pyridine rings is 1. The Balaban J connectivity index is 1.67. The fraction of sp³-hybridized carbons (Fsp3) is 0.120. The summed E-state index contributed by atoms with van der Waals surface area (Å²) in [4.78, 5) is 12.3. The lowest BCUT2D eigenvalue weighted by Gasteiger charge is -2.17. The van der Waals surface area contributed by atoms with Crippen molar-refractivity contribution in [2.45, 2.75) is 12.7 Å². The largest absolute Gasteiger partial charge is 0.435 e. The molecule has 0 aliphatic rings. The number of nitrogens with zero attached hydrogens (tertiary/aromatic N) is 4. The summed E-state index contributed by atoms with van der Waals surface area (Å²) in [6.45, 7) is 1.11. The molecule has 9 nitrogen and oxygen atoms in total. The molecular weight excluding hydrogens is 521 g/mol. The first kappa shape index (κ1) is 26.4. The molecule has 0 bridgehead atoms. The molecule has 2 aromatic heterocycles. The summed E-state index contributed by atoms with van der Waals surface area (Å²) < 4.78 is 77.8. The number of sulfonamides is 1. The monoisotopic (exact) mass is 540 g/mol. The van der Waals surface area contributed by atoms with Gasteiger partial charge in [-0.2, -0.15) is 9.65 Å². The third-order valence-corrected chi connectivity index (χ3v) is 6.55. The van der Waals surface area contributed by atoms with E-state index in [1.165, 1.54) is 36.7 Å². The highest BCUT2D eigenvalue weighted by Gasteiger charge is 2.28. The highest BCUT2D eigenvalue weighted by Crippen LogP contribution is 2.38. The van der Waals surface area contributed by atoms with Gasteiger partial charge in [-0.05, 0) is 42.8 Å². The van der Waals surface area contributed by atoms with Crippen LogP contribution in [0.15, 0.2) is 54.9 Å². The highest BCUT2D eigenvalue weighted by molar-refractivity contribution is 7.91. The van der Waals surface area contributed by atoms with Gasteiger partial charge in [0.2, 0.25) is 27.7 Å². The smallest absolute Gasteiger partial charge is 0.237 e. The van der Waals surface area contributed by atoms with Gasteiger partial charge in [0, 0.05) is 25.0 Å². The molecule has 0 aliphatic heterocycles. The van der Waals surface area contributed by atoms with Gasteiger partial charge in [0.25, 0.3) is 0 Å². The minimum atomic E-state index is -4.36. The highest BCUT2D eigenvalue weighted by atomic mass is 32.2. The molecule has 0 saturated carbocycles. The van der Waals surface area contributed by atoms with E-state index in [9.17, 15) is 12.8 Å². The van der Waals surface area contributed by atoms with E-state index in [0.717, 1.165) is 6.92 Å². The second-order valence-electron chi connectivity index (χ2n) is 7.91. The fourth-order valence-corrected chi connectivity index (χ4v) is 4.64. The van der Waals surface area contributed by atoms with Crippen LogP contribution in [0.5, 0.6) is 11.6 Å². The molecule has 2 aromatic carbocycles. The van der Waals surface area contributed by atoms with Crippen LogP contribution in [0.2, 0.25) is 0 Å². The number of rotatable bonds is 8. The van der Waals surface area contributed by atoms with Crippen molar-refractivity contribution < 1.29 is 26.3 Å². The summed E-state index contributed by atoms with van der Waals surface area (Å²) in [5, 5.41) is 11.6. The maximum Gasteiger partial charge on any atom is 0.237 e. The third-order valence-electron chi connectivity index (χ3n) is 5.32. The van der Waals surface area contributed by atoms with Gasteiger partial charge >= 0.3 is 0 Å². The molecule has 0 fully saturated rings. The molecule has 4 rings (SSSR count). The minimum absolute atomic E-state index is 0.191. The number of nitriles is 1. The topological polar surface area (TPSA) is 130 Å². The lowest BCUT2D eigenvalue weighted by atomic mass is 10.1. The number of benzene rings is 2. The Labute approximate surface area is 216 Å². The van der Waals surface area contributed by atoms with E-state index in [1.807, 2.05) is 6.07 Å². The Morgan fingerprint density at radius 3 is 2.42 bits per heavy atom. The maximum atomic E-state index is 15.2. The summed E-state index contributed by atoms with van der Waals surface area (Å²) in [7, 11) is -2.74. The Morgan fingerprint density at radius 2 is 1.74 bits per heavy atom. The molecule has 2 N–H and O–H groups in total. The van der Waals surface area contributed by atoms with E-state index in [4.69, 9.17) is 10.00 Å². The van der Waals surface area contributed by atoms with Crippen molar-refractivity contribution in [2.75, 3.05) is 17.1 Å². The number of aromatic nitrogens is 3. The zero-order valence-electron chi connectivity index (χ0n) is 20.0. The van der Waals surface area contributed by atoms with Crippen molar-refractivity contribution in [3.8, 4) is 29.0 Å². The number of hydrogen-bond donors (Lipinski definition) is 2. The van der Waals surface area contributed by atoms with Crippen LogP contribution in [0.25, 0.3) is 11.3 Å². The summed E-state index contributed by atoms with van der Waals surface area (Å²) in [6.07, 6.45) is 2.81. The minimum Gasteiger partial charge on any atom is -0.435 e. The van der Waals surface area contributed by atoms with Gasteiger partial charge in [-0.1, -0.05) is 12.1 Å². The number of halogens is 3. The average Bonchev–Trinajstić information content (AvgIpc) is 2.93. The van der Waals surface area contributed by atoms with E-state index in [2.05, 4.69) is 20.3 Å². The van der Waals surface area contributed by atoms with Gasteiger partial charge in [-0.15, -0.1) is 0 Å². The van der Waals surface area contributed by atoms with Crippen LogP contribution in [-0.4, -0.2) is 30.4 Å². The first-order valence-corrected chi connectivity index (χ1v) is 12.6. The van der Waals surface area contributed by atoms with Gasteiger partial charge in [-0.25, -0.2) is 32.2 Å². The van der Waals surface area contributed by atoms with E-state index >= 15 is 8.78 Å². The van der Waals surface area contributed by atoms with Crippen molar-refractivity contribution in [1.29, 1.82) is 5.26 Å². The molecule has 0 amide bonds. The van der Waals surface area contributed by atoms with Crippen LogP contribution < -0.4 is 14.8 Å². The van der Waals surface area contributed by atoms with Crippen molar-refractivity contribution in [3.05, 3.63) is 89.0 Å². The van der Waals surface area contributed by atoms with Gasteiger partial charge < -0.3 is 10.1 Å². The van der Waals surface area contributed by atoms with E-state index < -0.39 is 50.2 Å². The van der Waals surface area contributed by atoms with Crippen LogP contribution >= 0.6 is 0 Å². The Bertz CT molecular complexity index is 1630. The fourth-order valence-electron chi connectivity index (χ4n) is 3.45. The summed E-state index contributed by atoms with van der Waals surface area (Å²) in [5.74, 6) is -6.14. The standard InChI is InChI=1S/C25H19F3N6O3S/c1-14-19(26)22(34-38(35,36)13-16-7-5-15(12-29)6-8-16)20(27)21(28)23(14)37-24-17(4-3-10-31-24)18-9-11-32-25(30-2)33-18/h3-11,34H,13H2,1-2H3,(H,30,32,33). The van der Waals surface area contributed by atoms with Crippen LogP contribution in [0.1, 0.15) is 16.7 Å². The quantitative estimate of drug-likeness (QED) is 0.302. The first-order valence-electron chi connectivity index (χ1n) is 10.9. The molecule has 194 valence electrons. The van der Waals surface area contributed by atoms with E-state index in [1.54, 1.807) is 30.0 Å². The summed E-state index contributed by atoms with van der Waals surface area (Å²) >= 11 is 0. The normalized spacial score (nSPS) is 11.1. The molecular formula is C25H19F3N6O3S. The first-order chi connectivity index (χ1) is 18.1. The zero-order valence-corrected chi connectivity index (χ0v) is 20.8. The van der Waals surface area contributed by atoms with Crippen molar-refractivity contribution >= 4 is 21.7 Å². The molecule has 0 spiro atoms. The summed E-state index contributed by atoms with van der Waals surface area (Å²) in [5.41, 5.74) is -0.477. The number of anilines is 2. The zero-order chi connectivity index (χ0) is 27.4. The van der Waals surface area contributed by atoms with Crippen LogP contribution in [0, 0.1) is 35.7 Å². The van der Waals surface area contributed by atoms with Crippen molar-refractivity contribution in [3.63, 3.8) is 0 Å². The van der Waals surface area contributed by atoms with Gasteiger partial charge in [0.15, 0.2) is 17.4 Å². The molecule has 0 unspecified atom stereocenters. The number of hydrogen-bond acceptors (Lipinski definition) is 8. The van der Waals surface area contributed by atoms with Crippen LogP contribution in [0.3, 0.4) is 0 Å². The molecule has 2 heterocycles. The molecule has 0 aliphatic carbocycles. The summed E-state index contributed by atoms with van der Waals surface area (Å²) in [6, 6.07) is 12.1. The van der Waals surface area contributed by atoms with Gasteiger partial charge in [0.1, 0.15) is 5.69 Å². The third kappa shape index (κ3) is 5.50. The maximum absolute atomic E-state index is 15.2. The van der Waals surface area contributed by atoms with Gasteiger partial charge in [0.05, 0.1) is 28.6 Å². The predicted octanol–water partition coefficient (Wildman–Crippen LogP) is 4.91. The average molecular weight is 541 g/mol. The number of nitrogens with one attached hydrogen (secondary N) is 2. The molecule has 4 aromatic rings. The Morgan fingerprint density at radius 1 is 1.00 bits per heavy atom. The lowest BCUT2D eigenvalue weighted by Crippen LogP contribution is -2.18. The number of ether oxygens (including phenoxy) is 1. The van der Waals surface area contributed by atoms with Crippen LogP contribution in [0.4, 0.5) is 24.8 Å². The Kier molecular flexibility index (Phi) is 7.45. The SMILES string of the molecule is CNc1nccc(-c2cccnc2Oc2c(C)c(F)c(NS(=O)(=O)Cc3ccc(C#N)cc3)c(F)c2F)n1. The second kappa shape index (κ2) is 10.7.